The van der Waals surface area contributed by atoms with Crippen molar-refractivity contribution in [1.29, 1.82) is 0 Å². The summed E-state index contributed by atoms with van der Waals surface area (Å²) in [5.74, 6) is 1.01. The van der Waals surface area contributed by atoms with Crippen molar-refractivity contribution in [2.24, 2.45) is 0 Å². The average molecular weight is 628 g/mol. The van der Waals surface area contributed by atoms with Crippen LogP contribution in [0.5, 0.6) is 0 Å². The van der Waals surface area contributed by atoms with Gasteiger partial charge < -0.3 is 9.64 Å². The Morgan fingerprint density at radius 3 is 2.13 bits per heavy atom. The summed E-state index contributed by atoms with van der Waals surface area (Å²) in [5, 5.41) is 0. The number of aryl methyl sites for hydroxylation is 1. The second-order valence-electron chi connectivity index (χ2n) is 15.8. The molecule has 0 spiro atoms. The predicted octanol–water partition coefficient (Wildman–Crippen LogP) is 11.2. The zero-order chi connectivity index (χ0) is 32.1. The number of nitrogens with zero attached hydrogens (tertiary/aromatic N) is 1. The highest BCUT2D eigenvalue weighted by Gasteiger charge is 2.58. The molecule has 0 fully saturated rings. The molecule has 6 unspecified atom stereocenters. The highest BCUT2D eigenvalue weighted by Crippen LogP contribution is 2.66. The lowest BCUT2D eigenvalue weighted by Crippen LogP contribution is -2.46. The molecular formula is C43H53NOSi. The summed E-state index contributed by atoms with van der Waals surface area (Å²) < 4.78 is 6.08. The van der Waals surface area contributed by atoms with Crippen LogP contribution in [-0.2, 0) is 4.74 Å². The van der Waals surface area contributed by atoms with Crippen molar-refractivity contribution in [2.45, 2.75) is 107 Å². The van der Waals surface area contributed by atoms with Crippen molar-refractivity contribution in [3.63, 3.8) is 0 Å². The third kappa shape index (κ3) is 5.58. The van der Waals surface area contributed by atoms with E-state index in [1.54, 1.807) is 27.8 Å². The van der Waals surface area contributed by atoms with E-state index in [0.29, 0.717) is 29.0 Å². The normalized spacial score (nSPS) is 24.3. The van der Waals surface area contributed by atoms with Gasteiger partial charge in [-0.15, -0.1) is 0 Å². The van der Waals surface area contributed by atoms with Gasteiger partial charge in [0.25, 0.3) is 0 Å². The summed E-state index contributed by atoms with van der Waals surface area (Å²) in [6.45, 7) is 12.5. The van der Waals surface area contributed by atoms with Gasteiger partial charge >= 0.3 is 0 Å². The lowest BCUT2D eigenvalue weighted by Gasteiger charge is -2.43. The first-order valence-electron chi connectivity index (χ1n) is 17.9. The monoisotopic (exact) mass is 627 g/mol. The molecule has 46 heavy (non-hydrogen) atoms. The molecule has 0 bridgehead atoms. The molecule has 1 heterocycles. The minimum Gasteiger partial charge on any atom is -0.376 e. The molecule has 3 heteroatoms. The molecule has 4 aromatic carbocycles. The zero-order valence-electron chi connectivity index (χ0n) is 28.9. The van der Waals surface area contributed by atoms with Crippen LogP contribution in [0.4, 0.5) is 5.69 Å². The molecule has 0 N–H and O–H groups in total. The van der Waals surface area contributed by atoms with E-state index >= 15 is 0 Å². The van der Waals surface area contributed by atoms with E-state index in [2.05, 4.69) is 143 Å². The Bertz CT molecular complexity index is 1670. The van der Waals surface area contributed by atoms with E-state index < -0.39 is 8.07 Å². The first-order chi connectivity index (χ1) is 22.2. The van der Waals surface area contributed by atoms with E-state index in [0.717, 1.165) is 13.0 Å². The first-order valence-corrected chi connectivity index (χ1v) is 20.7. The number of anilines is 1. The molecule has 0 saturated heterocycles. The summed E-state index contributed by atoms with van der Waals surface area (Å²) in [4.78, 5) is 2.62. The van der Waals surface area contributed by atoms with Gasteiger partial charge in [-0.1, -0.05) is 128 Å². The number of rotatable bonds is 10. The van der Waals surface area contributed by atoms with Gasteiger partial charge in [-0.05, 0) is 91.1 Å². The van der Waals surface area contributed by atoms with Gasteiger partial charge in [0.05, 0.1) is 19.7 Å². The van der Waals surface area contributed by atoms with Crippen LogP contribution in [0.2, 0.25) is 12.6 Å². The van der Waals surface area contributed by atoms with Crippen LogP contribution in [0.15, 0.2) is 97.1 Å². The Morgan fingerprint density at radius 1 is 0.739 bits per heavy atom. The van der Waals surface area contributed by atoms with Crippen LogP contribution in [0, 0.1) is 6.92 Å². The molecular weight excluding hydrogens is 575 g/mol. The van der Waals surface area contributed by atoms with Crippen molar-refractivity contribution in [3.8, 4) is 0 Å². The topological polar surface area (TPSA) is 12.5 Å². The van der Waals surface area contributed by atoms with Crippen LogP contribution >= 0.6 is 0 Å². The molecule has 0 amide bonds. The summed E-state index contributed by atoms with van der Waals surface area (Å²) in [7, 11) is 0.336. The van der Waals surface area contributed by atoms with E-state index in [1.165, 1.54) is 48.5 Å². The second-order valence-corrected chi connectivity index (χ2v) is 20.6. The number of ether oxygens (including phenoxy) is 1. The predicted molar refractivity (Wildman–Crippen MR) is 197 cm³/mol. The van der Waals surface area contributed by atoms with Gasteiger partial charge in [0.2, 0.25) is 0 Å². The average Bonchev–Trinajstić information content (AvgIpc) is 3.69. The standard InChI is InChI=1S/C43H53NOSi/c1-30-24-25-38-37(28-30)40-41(44(38)5)34-22-14-15-23-35(34)42(40)46(6,27-17-8-7-16-26-45-43(2,3)4)39-29-36(31-18-10-9-11-19-31)32-20-12-13-21-33(32)39/h9-15,18-25,28,36,39-42H,7-8,16-17,26-27,29H2,1-6H3. The quantitative estimate of drug-likeness (QED) is 0.128. The maximum absolute atomic E-state index is 6.08. The fourth-order valence-corrected chi connectivity index (χ4v) is 15.8. The molecule has 6 atom stereocenters. The molecule has 2 nitrogen and oxygen atoms in total. The Kier molecular flexibility index (Phi) is 8.53. The molecule has 7 rings (SSSR count). The van der Waals surface area contributed by atoms with E-state index in [9.17, 15) is 0 Å². The molecule has 4 aromatic rings. The Morgan fingerprint density at radius 2 is 1.39 bits per heavy atom. The van der Waals surface area contributed by atoms with Crippen LogP contribution in [-0.4, -0.2) is 27.3 Å². The number of benzene rings is 4. The summed E-state index contributed by atoms with van der Waals surface area (Å²) in [6.07, 6.45) is 6.28. The molecule has 0 aromatic heterocycles. The van der Waals surface area contributed by atoms with Crippen molar-refractivity contribution >= 4 is 13.8 Å². The summed E-state index contributed by atoms with van der Waals surface area (Å²) in [6, 6.07) is 39.6. The first kappa shape index (κ1) is 31.5. The number of likely N-dealkylation sites (N-methyl/N-ethyl adjacent to an activating group) is 1. The van der Waals surface area contributed by atoms with Gasteiger partial charge in [-0.2, -0.15) is 0 Å². The van der Waals surface area contributed by atoms with Crippen LogP contribution in [0.1, 0.15) is 121 Å². The van der Waals surface area contributed by atoms with Crippen molar-refractivity contribution in [1.82, 2.24) is 0 Å². The van der Waals surface area contributed by atoms with Gasteiger partial charge in [-0.3, -0.25) is 0 Å². The lowest BCUT2D eigenvalue weighted by atomic mass is 9.93. The van der Waals surface area contributed by atoms with Crippen LogP contribution < -0.4 is 4.90 Å². The SMILES string of the molecule is Cc1ccc2c(c1)C1C(c3ccccc3C1[Si](C)(CCCCCCOC(C)(C)C)C1CC(c3ccccc3)c3ccccc31)N2C. The third-order valence-corrected chi connectivity index (χ3v) is 17.4. The van der Waals surface area contributed by atoms with Crippen LogP contribution in [0.25, 0.3) is 0 Å². The van der Waals surface area contributed by atoms with Gasteiger partial charge in [0.15, 0.2) is 0 Å². The lowest BCUT2D eigenvalue weighted by molar-refractivity contribution is -0.00471. The maximum atomic E-state index is 6.08. The zero-order valence-corrected chi connectivity index (χ0v) is 29.9. The van der Waals surface area contributed by atoms with Gasteiger partial charge in [0, 0.05) is 31.2 Å². The molecule has 240 valence electrons. The largest absolute Gasteiger partial charge is 0.376 e. The fourth-order valence-electron chi connectivity index (χ4n) is 9.76. The van der Waals surface area contributed by atoms with Crippen LogP contribution in [0.3, 0.4) is 0 Å². The summed E-state index contributed by atoms with van der Waals surface area (Å²) in [5.41, 5.74) is 13.6. The Labute approximate surface area is 279 Å². The van der Waals surface area contributed by atoms with Crippen molar-refractivity contribution < 1.29 is 4.74 Å². The van der Waals surface area contributed by atoms with Gasteiger partial charge in [-0.25, -0.2) is 0 Å². The Hall–Kier alpha value is -3.14. The number of unbranched alkanes of at least 4 members (excludes halogenated alkanes) is 3. The molecule has 0 saturated carbocycles. The number of hydrogen-bond acceptors (Lipinski definition) is 2. The maximum Gasteiger partial charge on any atom is 0.0667 e. The van der Waals surface area contributed by atoms with E-state index in [4.69, 9.17) is 4.74 Å². The summed E-state index contributed by atoms with van der Waals surface area (Å²) >= 11 is 0. The second kappa shape index (κ2) is 12.5. The van der Waals surface area contributed by atoms with Crippen molar-refractivity contribution in [3.05, 3.63) is 136 Å². The number of fused-ring (bicyclic) bond motifs is 6. The third-order valence-electron chi connectivity index (χ3n) is 11.8. The van der Waals surface area contributed by atoms with E-state index in [-0.39, 0.29) is 5.60 Å². The minimum absolute atomic E-state index is 0.0495. The number of hydrogen-bond donors (Lipinski definition) is 0. The highest BCUT2D eigenvalue weighted by atomic mass is 28.3. The highest BCUT2D eigenvalue weighted by molar-refractivity contribution is 6.81. The minimum atomic E-state index is -2.02. The van der Waals surface area contributed by atoms with Crippen molar-refractivity contribution in [2.75, 3.05) is 18.6 Å². The molecule has 3 aliphatic rings. The Balaban J connectivity index is 1.29. The fraction of sp³-hybridized carbons (Fsp3) is 0.442. The molecule has 1 aliphatic heterocycles. The molecule has 0 radical (unpaired) electrons. The van der Waals surface area contributed by atoms with Gasteiger partial charge in [0.1, 0.15) is 0 Å². The van der Waals surface area contributed by atoms with E-state index in [1.807, 2.05) is 0 Å². The smallest absolute Gasteiger partial charge is 0.0667 e. The molecule has 2 aliphatic carbocycles.